The lowest BCUT2D eigenvalue weighted by molar-refractivity contribution is 0.415. The molecule has 0 bridgehead atoms. The first kappa shape index (κ1) is 17.9. The van der Waals surface area contributed by atoms with Crippen molar-refractivity contribution in [2.75, 3.05) is 26.1 Å². The maximum atomic E-state index is 13.1. The van der Waals surface area contributed by atoms with Crippen LogP contribution in [0.25, 0.3) is 11.5 Å². The van der Waals surface area contributed by atoms with Gasteiger partial charge in [-0.25, -0.2) is 12.8 Å². The lowest BCUT2D eigenvalue weighted by atomic mass is 10.2. The minimum absolute atomic E-state index is 0.0587. The Morgan fingerprint density at radius 2 is 1.65 bits per heavy atom. The fourth-order valence-corrected chi connectivity index (χ4v) is 3.71. The van der Waals surface area contributed by atoms with E-state index in [9.17, 15) is 12.8 Å². The molecule has 0 spiro atoms. The largest absolute Gasteiger partial charge is 0.497 e. The second-order valence-corrected chi connectivity index (χ2v) is 7.57. The van der Waals surface area contributed by atoms with Crippen LogP contribution in [-0.4, -0.2) is 34.6 Å². The maximum absolute atomic E-state index is 13.1. The summed E-state index contributed by atoms with van der Waals surface area (Å²) in [6, 6.07) is 11.5. The average Bonchev–Trinajstić information content (AvgIpc) is 3.09. The molecule has 8 heteroatoms. The lowest BCUT2D eigenvalue weighted by Crippen LogP contribution is -2.13. The molecule has 0 N–H and O–H groups in total. The molecule has 3 aromatic rings. The van der Waals surface area contributed by atoms with Crippen LogP contribution >= 0.6 is 0 Å². The van der Waals surface area contributed by atoms with E-state index in [1.165, 1.54) is 17.0 Å². The van der Waals surface area contributed by atoms with Gasteiger partial charge in [0.1, 0.15) is 11.6 Å². The Morgan fingerprint density at radius 3 is 2.19 bits per heavy atom. The summed E-state index contributed by atoms with van der Waals surface area (Å²) in [6.45, 7) is 0. The molecule has 0 aliphatic heterocycles. The number of sulfone groups is 1. The molecule has 6 nitrogen and oxygen atoms in total. The number of ether oxygens (including phenoxy) is 1. The third-order valence-electron chi connectivity index (χ3n) is 3.70. The fraction of sp³-hybridized carbons (Fsp3) is 0.167. The summed E-state index contributed by atoms with van der Waals surface area (Å²) in [4.78, 5) is 5.66. The van der Waals surface area contributed by atoms with Gasteiger partial charge in [-0.1, -0.05) is 0 Å². The third-order valence-corrected chi connectivity index (χ3v) is 5.37. The van der Waals surface area contributed by atoms with Crippen molar-refractivity contribution < 1.29 is 22.0 Å². The van der Waals surface area contributed by atoms with Crippen molar-refractivity contribution in [2.45, 2.75) is 9.92 Å². The first-order chi connectivity index (χ1) is 12.3. The molecule has 0 aliphatic carbocycles. The van der Waals surface area contributed by atoms with Crippen LogP contribution < -0.4 is 9.64 Å². The monoisotopic (exact) mass is 376 g/mol. The summed E-state index contributed by atoms with van der Waals surface area (Å²) in [5.74, 6) is 0.403. The first-order valence-electron chi connectivity index (χ1n) is 7.66. The SMILES string of the molecule is COc1ccc(-c2nc(S(=O)(=O)c3ccc(F)cc3)c(N(C)C)o2)cc1. The van der Waals surface area contributed by atoms with Crippen molar-refractivity contribution in [3.05, 3.63) is 54.3 Å². The molecule has 1 aromatic heterocycles. The van der Waals surface area contributed by atoms with Crippen molar-refractivity contribution >= 4 is 15.7 Å². The summed E-state index contributed by atoms with van der Waals surface area (Å²) in [7, 11) is 0.893. The molecular weight excluding hydrogens is 359 g/mol. The zero-order valence-corrected chi connectivity index (χ0v) is 15.2. The van der Waals surface area contributed by atoms with Crippen LogP contribution in [-0.2, 0) is 9.84 Å². The van der Waals surface area contributed by atoms with E-state index in [1.807, 2.05) is 0 Å². The third kappa shape index (κ3) is 3.28. The molecule has 1 heterocycles. The number of aromatic nitrogens is 1. The molecule has 0 aliphatic rings. The van der Waals surface area contributed by atoms with E-state index in [2.05, 4.69) is 4.98 Å². The van der Waals surface area contributed by atoms with Gasteiger partial charge in [0.2, 0.25) is 26.6 Å². The second kappa shape index (κ2) is 6.80. The molecule has 0 atom stereocenters. The molecule has 0 saturated carbocycles. The molecule has 136 valence electrons. The van der Waals surface area contributed by atoms with Gasteiger partial charge in [0.05, 0.1) is 12.0 Å². The highest BCUT2D eigenvalue weighted by Crippen LogP contribution is 2.34. The summed E-state index contributed by atoms with van der Waals surface area (Å²) in [5, 5.41) is -0.222. The molecule has 3 rings (SSSR count). The van der Waals surface area contributed by atoms with Crippen molar-refractivity contribution in [2.24, 2.45) is 0 Å². The van der Waals surface area contributed by atoms with Gasteiger partial charge >= 0.3 is 0 Å². The highest BCUT2D eigenvalue weighted by atomic mass is 32.2. The molecule has 0 saturated heterocycles. The predicted molar refractivity (Wildman–Crippen MR) is 94.7 cm³/mol. The number of halogens is 1. The zero-order valence-electron chi connectivity index (χ0n) is 14.4. The normalized spacial score (nSPS) is 11.4. The average molecular weight is 376 g/mol. The Bertz CT molecular complexity index is 1010. The number of nitrogens with zero attached hydrogens (tertiary/aromatic N) is 2. The summed E-state index contributed by atoms with van der Waals surface area (Å²) >= 11 is 0. The highest BCUT2D eigenvalue weighted by Gasteiger charge is 2.29. The van der Waals surface area contributed by atoms with Gasteiger partial charge in [-0.05, 0) is 48.5 Å². The van der Waals surface area contributed by atoms with Crippen LogP contribution in [0.5, 0.6) is 5.75 Å². The van der Waals surface area contributed by atoms with Gasteiger partial charge in [0.15, 0.2) is 0 Å². The fourth-order valence-electron chi connectivity index (χ4n) is 2.34. The molecule has 0 unspecified atom stereocenters. The molecule has 0 radical (unpaired) electrons. The van der Waals surface area contributed by atoms with Crippen molar-refractivity contribution in [1.82, 2.24) is 4.98 Å². The molecule has 26 heavy (non-hydrogen) atoms. The summed E-state index contributed by atoms with van der Waals surface area (Å²) < 4.78 is 49.8. The zero-order chi connectivity index (χ0) is 18.9. The first-order valence-corrected chi connectivity index (χ1v) is 9.14. The highest BCUT2D eigenvalue weighted by molar-refractivity contribution is 7.91. The number of methoxy groups -OCH3 is 1. The topological polar surface area (TPSA) is 72.6 Å². The van der Waals surface area contributed by atoms with Gasteiger partial charge < -0.3 is 14.1 Å². The van der Waals surface area contributed by atoms with Gasteiger partial charge in [-0.2, -0.15) is 4.98 Å². The van der Waals surface area contributed by atoms with Gasteiger partial charge in [-0.15, -0.1) is 0 Å². The number of hydrogen-bond donors (Lipinski definition) is 0. The Balaban J connectivity index is 2.11. The Kier molecular flexibility index (Phi) is 4.69. The minimum atomic E-state index is -3.97. The maximum Gasteiger partial charge on any atom is 0.235 e. The van der Waals surface area contributed by atoms with E-state index in [1.54, 1.807) is 45.5 Å². The number of rotatable bonds is 5. The van der Waals surface area contributed by atoms with Crippen LogP contribution in [0.1, 0.15) is 0 Å². The van der Waals surface area contributed by atoms with E-state index in [0.29, 0.717) is 11.3 Å². The van der Waals surface area contributed by atoms with Gasteiger partial charge in [0.25, 0.3) is 0 Å². The quantitative estimate of drug-likeness (QED) is 0.636. The summed E-state index contributed by atoms with van der Waals surface area (Å²) in [5.41, 5.74) is 0.606. The van der Waals surface area contributed by atoms with E-state index >= 15 is 0 Å². The van der Waals surface area contributed by atoms with Gasteiger partial charge in [0, 0.05) is 19.7 Å². The van der Waals surface area contributed by atoms with Crippen LogP contribution in [0.3, 0.4) is 0 Å². The molecular formula is C18H17FN2O4S. The Labute approximate surface area is 150 Å². The number of anilines is 1. The predicted octanol–water partition coefficient (Wildman–Crippen LogP) is 3.39. The van der Waals surface area contributed by atoms with Crippen molar-refractivity contribution in [3.63, 3.8) is 0 Å². The smallest absolute Gasteiger partial charge is 0.235 e. The standard InChI is InChI=1S/C18H17FN2O4S/c1-21(2)18-17(26(22,23)15-10-6-13(19)7-11-15)20-16(25-18)12-4-8-14(24-3)9-5-12/h4-11H,1-3H3. The van der Waals surface area contributed by atoms with Crippen LogP contribution in [0.2, 0.25) is 0 Å². The van der Waals surface area contributed by atoms with Crippen LogP contribution in [0, 0.1) is 5.82 Å². The Hall–Kier alpha value is -2.87. The van der Waals surface area contributed by atoms with Gasteiger partial charge in [-0.3, -0.25) is 0 Å². The minimum Gasteiger partial charge on any atom is -0.497 e. The summed E-state index contributed by atoms with van der Waals surface area (Å²) in [6.07, 6.45) is 0. The van der Waals surface area contributed by atoms with Crippen molar-refractivity contribution in [1.29, 1.82) is 0 Å². The second-order valence-electron chi connectivity index (χ2n) is 5.71. The Morgan fingerprint density at radius 1 is 1.04 bits per heavy atom. The van der Waals surface area contributed by atoms with E-state index in [-0.39, 0.29) is 21.7 Å². The molecule has 2 aromatic carbocycles. The molecule has 0 fully saturated rings. The number of hydrogen-bond acceptors (Lipinski definition) is 6. The van der Waals surface area contributed by atoms with Crippen LogP contribution in [0.15, 0.2) is 62.9 Å². The van der Waals surface area contributed by atoms with Crippen LogP contribution in [0.4, 0.5) is 10.3 Å². The number of benzene rings is 2. The van der Waals surface area contributed by atoms with Crippen molar-refractivity contribution in [3.8, 4) is 17.2 Å². The van der Waals surface area contributed by atoms with E-state index in [0.717, 1.165) is 12.1 Å². The number of oxazole rings is 1. The lowest BCUT2D eigenvalue weighted by Gasteiger charge is -2.10. The van der Waals surface area contributed by atoms with E-state index in [4.69, 9.17) is 9.15 Å². The van der Waals surface area contributed by atoms with E-state index < -0.39 is 15.7 Å². The molecule has 0 amide bonds.